The summed E-state index contributed by atoms with van der Waals surface area (Å²) in [5.41, 5.74) is -0.212. The van der Waals surface area contributed by atoms with Gasteiger partial charge < -0.3 is 9.47 Å². The molecule has 27 heavy (non-hydrogen) atoms. The van der Waals surface area contributed by atoms with Gasteiger partial charge in [0.25, 0.3) is 5.78 Å². The SMILES string of the molecule is CCOC(=O)C(=O)C(CCCCc1cccc(C(F)(F)F)c1)C(=O)OCC. The van der Waals surface area contributed by atoms with Crippen LogP contribution in [-0.2, 0) is 36.5 Å². The molecule has 1 aromatic rings. The Hall–Kier alpha value is -2.38. The first-order valence-corrected chi connectivity index (χ1v) is 8.74. The van der Waals surface area contributed by atoms with Gasteiger partial charge in [-0.15, -0.1) is 0 Å². The number of halogens is 3. The highest BCUT2D eigenvalue weighted by Gasteiger charge is 2.33. The van der Waals surface area contributed by atoms with Gasteiger partial charge in [0.15, 0.2) is 0 Å². The third-order valence-corrected chi connectivity index (χ3v) is 3.83. The van der Waals surface area contributed by atoms with E-state index >= 15 is 0 Å². The number of alkyl halides is 3. The second-order valence-electron chi connectivity index (χ2n) is 5.83. The highest BCUT2D eigenvalue weighted by Crippen LogP contribution is 2.29. The highest BCUT2D eigenvalue weighted by molar-refractivity contribution is 6.37. The number of rotatable bonds is 10. The van der Waals surface area contributed by atoms with Crippen LogP contribution in [0.1, 0.15) is 44.2 Å². The molecule has 1 aromatic carbocycles. The maximum Gasteiger partial charge on any atom is 0.416 e. The van der Waals surface area contributed by atoms with Crippen LogP contribution in [0.5, 0.6) is 0 Å². The van der Waals surface area contributed by atoms with Gasteiger partial charge in [-0.1, -0.05) is 24.6 Å². The minimum Gasteiger partial charge on any atom is -0.465 e. The van der Waals surface area contributed by atoms with Crippen LogP contribution in [0.2, 0.25) is 0 Å². The van der Waals surface area contributed by atoms with E-state index in [9.17, 15) is 27.6 Å². The average Bonchev–Trinajstić information content (AvgIpc) is 2.61. The Morgan fingerprint density at radius 2 is 1.70 bits per heavy atom. The van der Waals surface area contributed by atoms with E-state index in [0.717, 1.165) is 12.1 Å². The molecular weight excluding hydrogens is 365 g/mol. The summed E-state index contributed by atoms with van der Waals surface area (Å²) in [5, 5.41) is 0. The predicted octanol–water partition coefficient (Wildman–Crippen LogP) is 3.73. The summed E-state index contributed by atoms with van der Waals surface area (Å²) in [5.74, 6) is -4.11. The van der Waals surface area contributed by atoms with Crippen LogP contribution >= 0.6 is 0 Å². The van der Waals surface area contributed by atoms with Gasteiger partial charge in [0.2, 0.25) is 0 Å². The number of ketones is 1. The Labute approximate surface area is 155 Å². The molecule has 8 heteroatoms. The standard InChI is InChI=1S/C19H23F3O5/c1-3-26-17(24)15(16(23)18(25)27-4-2)11-6-5-8-13-9-7-10-14(12-13)19(20,21)22/h7,9-10,12,15H,3-6,8,11H2,1-2H3. The maximum absolute atomic E-state index is 12.7. The molecule has 0 N–H and O–H groups in total. The fraction of sp³-hybridized carbons (Fsp3) is 0.526. The molecule has 0 fully saturated rings. The van der Waals surface area contributed by atoms with Gasteiger partial charge >= 0.3 is 18.1 Å². The molecule has 0 saturated carbocycles. The Kier molecular flexibility index (Phi) is 8.97. The Bertz CT molecular complexity index is 655. The first-order chi connectivity index (χ1) is 12.7. The number of hydrogen-bond donors (Lipinski definition) is 0. The van der Waals surface area contributed by atoms with E-state index in [0.29, 0.717) is 24.8 Å². The minimum absolute atomic E-state index is 0.00959. The monoisotopic (exact) mass is 388 g/mol. The Balaban J connectivity index is 2.65. The molecule has 0 aliphatic carbocycles. The second-order valence-corrected chi connectivity index (χ2v) is 5.83. The molecule has 0 aliphatic heterocycles. The normalized spacial score (nSPS) is 12.3. The number of aryl methyl sites for hydroxylation is 1. The second kappa shape index (κ2) is 10.7. The number of esters is 2. The molecule has 1 rings (SSSR count). The fourth-order valence-corrected chi connectivity index (χ4v) is 2.52. The third kappa shape index (κ3) is 7.40. The third-order valence-electron chi connectivity index (χ3n) is 3.83. The summed E-state index contributed by atoms with van der Waals surface area (Å²) in [6.45, 7) is 3.20. The summed E-state index contributed by atoms with van der Waals surface area (Å²) >= 11 is 0. The topological polar surface area (TPSA) is 69.7 Å². The van der Waals surface area contributed by atoms with Crippen molar-refractivity contribution >= 4 is 17.7 Å². The van der Waals surface area contributed by atoms with E-state index in [2.05, 4.69) is 4.74 Å². The van der Waals surface area contributed by atoms with Gasteiger partial charge in [-0.05, 0) is 44.7 Å². The number of carbonyl (C=O) groups excluding carboxylic acids is 3. The summed E-state index contributed by atoms with van der Waals surface area (Å²) in [4.78, 5) is 35.6. The summed E-state index contributed by atoms with van der Waals surface area (Å²) in [6, 6.07) is 5.00. The zero-order valence-electron chi connectivity index (χ0n) is 15.3. The van der Waals surface area contributed by atoms with Crippen LogP contribution in [0.25, 0.3) is 0 Å². The number of unbranched alkanes of at least 4 members (excludes halogenated alkanes) is 1. The molecule has 0 aromatic heterocycles. The number of hydrogen-bond acceptors (Lipinski definition) is 5. The molecule has 0 amide bonds. The fourth-order valence-electron chi connectivity index (χ4n) is 2.52. The molecule has 0 radical (unpaired) electrons. The molecule has 0 bridgehead atoms. The van der Waals surface area contributed by atoms with E-state index in [1.54, 1.807) is 19.9 Å². The van der Waals surface area contributed by atoms with Crippen molar-refractivity contribution in [2.24, 2.45) is 5.92 Å². The van der Waals surface area contributed by atoms with Crippen LogP contribution in [0.15, 0.2) is 24.3 Å². The Morgan fingerprint density at radius 1 is 1.04 bits per heavy atom. The van der Waals surface area contributed by atoms with Crippen molar-refractivity contribution < 1.29 is 37.0 Å². The molecule has 0 saturated heterocycles. The summed E-state index contributed by atoms with van der Waals surface area (Å²) in [6.07, 6.45) is -3.17. The van der Waals surface area contributed by atoms with Crippen molar-refractivity contribution in [3.05, 3.63) is 35.4 Å². The van der Waals surface area contributed by atoms with E-state index in [1.165, 1.54) is 6.07 Å². The molecule has 0 heterocycles. The lowest BCUT2D eigenvalue weighted by Crippen LogP contribution is -2.33. The van der Waals surface area contributed by atoms with Gasteiger partial charge in [-0.3, -0.25) is 9.59 Å². The van der Waals surface area contributed by atoms with Gasteiger partial charge in [0, 0.05) is 0 Å². The van der Waals surface area contributed by atoms with Crippen molar-refractivity contribution in [3.63, 3.8) is 0 Å². The van der Waals surface area contributed by atoms with Gasteiger partial charge in [-0.2, -0.15) is 13.2 Å². The van der Waals surface area contributed by atoms with Crippen molar-refractivity contribution in [1.29, 1.82) is 0 Å². The van der Waals surface area contributed by atoms with Gasteiger partial charge in [0.1, 0.15) is 5.92 Å². The molecule has 0 aliphatic rings. The van der Waals surface area contributed by atoms with Crippen molar-refractivity contribution in [2.75, 3.05) is 13.2 Å². The molecule has 150 valence electrons. The lowest BCUT2D eigenvalue weighted by molar-refractivity contribution is -0.162. The maximum atomic E-state index is 12.7. The summed E-state index contributed by atoms with van der Waals surface area (Å²) < 4.78 is 47.6. The zero-order chi connectivity index (χ0) is 20.4. The molecule has 1 unspecified atom stereocenters. The lowest BCUT2D eigenvalue weighted by atomic mass is 9.95. The average molecular weight is 388 g/mol. The van der Waals surface area contributed by atoms with Crippen LogP contribution in [0.4, 0.5) is 13.2 Å². The minimum atomic E-state index is -4.41. The van der Waals surface area contributed by atoms with Crippen molar-refractivity contribution in [1.82, 2.24) is 0 Å². The van der Waals surface area contributed by atoms with E-state index in [1.807, 2.05) is 0 Å². The Morgan fingerprint density at radius 3 is 2.30 bits per heavy atom. The number of benzene rings is 1. The van der Waals surface area contributed by atoms with Gasteiger partial charge in [0.05, 0.1) is 18.8 Å². The van der Waals surface area contributed by atoms with Crippen LogP contribution in [0.3, 0.4) is 0 Å². The van der Waals surface area contributed by atoms with E-state index < -0.39 is 35.4 Å². The summed E-state index contributed by atoms with van der Waals surface area (Å²) in [7, 11) is 0. The quantitative estimate of drug-likeness (QED) is 0.264. The number of carbonyl (C=O) groups is 3. The van der Waals surface area contributed by atoms with E-state index in [4.69, 9.17) is 4.74 Å². The van der Waals surface area contributed by atoms with E-state index in [-0.39, 0.29) is 19.6 Å². The first-order valence-electron chi connectivity index (χ1n) is 8.74. The van der Waals surface area contributed by atoms with Crippen LogP contribution in [-0.4, -0.2) is 30.9 Å². The highest BCUT2D eigenvalue weighted by atomic mass is 19.4. The smallest absolute Gasteiger partial charge is 0.416 e. The largest absolute Gasteiger partial charge is 0.465 e. The molecular formula is C19H23F3O5. The van der Waals surface area contributed by atoms with Gasteiger partial charge in [-0.25, -0.2) is 4.79 Å². The zero-order valence-corrected chi connectivity index (χ0v) is 15.3. The first kappa shape index (κ1) is 22.7. The van der Waals surface area contributed by atoms with Crippen LogP contribution < -0.4 is 0 Å². The van der Waals surface area contributed by atoms with Crippen molar-refractivity contribution in [2.45, 2.75) is 45.7 Å². The van der Waals surface area contributed by atoms with Crippen molar-refractivity contribution in [3.8, 4) is 0 Å². The number of ether oxygens (including phenoxy) is 2. The number of Topliss-reactive ketones (excluding diaryl/α,β-unsaturated/α-hetero) is 1. The molecule has 0 spiro atoms. The molecule has 1 atom stereocenters. The lowest BCUT2D eigenvalue weighted by Gasteiger charge is -2.14. The predicted molar refractivity (Wildman–Crippen MR) is 90.8 cm³/mol. The molecule has 5 nitrogen and oxygen atoms in total. The van der Waals surface area contributed by atoms with Crippen LogP contribution in [0, 0.1) is 5.92 Å².